The van der Waals surface area contributed by atoms with Crippen LogP contribution in [-0.2, 0) is 6.61 Å². The van der Waals surface area contributed by atoms with Crippen molar-refractivity contribution in [3.8, 4) is 5.75 Å². The van der Waals surface area contributed by atoms with Crippen molar-refractivity contribution in [3.05, 3.63) is 65.7 Å². The zero-order valence-corrected chi connectivity index (χ0v) is 13.3. The first kappa shape index (κ1) is 16.0. The molecule has 0 saturated carbocycles. The molecule has 0 saturated heterocycles. The van der Waals surface area contributed by atoms with Gasteiger partial charge in [-0.1, -0.05) is 30.3 Å². The standard InChI is InChI=1S/C17H19N3OS/c1-2-18-17(22)20-19-12-14-8-10-16(11-9-14)21-13-15-6-4-3-5-7-15/h3-12H,2,13H2,1H3,(H2,18,20,22)/b19-12+. The average molecular weight is 313 g/mol. The van der Waals surface area contributed by atoms with Gasteiger partial charge in [-0.3, -0.25) is 5.43 Å². The Morgan fingerprint density at radius 2 is 1.86 bits per heavy atom. The molecule has 22 heavy (non-hydrogen) atoms. The third-order valence-corrected chi connectivity index (χ3v) is 3.08. The van der Waals surface area contributed by atoms with E-state index in [-0.39, 0.29) is 0 Å². The highest BCUT2D eigenvalue weighted by Crippen LogP contribution is 2.13. The number of benzene rings is 2. The number of hydrazone groups is 1. The molecule has 0 aliphatic rings. The van der Waals surface area contributed by atoms with Crippen molar-refractivity contribution in [1.82, 2.24) is 10.7 Å². The van der Waals surface area contributed by atoms with Crippen LogP contribution in [0.3, 0.4) is 0 Å². The van der Waals surface area contributed by atoms with Gasteiger partial charge in [0.15, 0.2) is 5.11 Å². The van der Waals surface area contributed by atoms with Gasteiger partial charge in [-0.05, 0) is 54.5 Å². The summed E-state index contributed by atoms with van der Waals surface area (Å²) in [6.07, 6.45) is 1.71. The van der Waals surface area contributed by atoms with Gasteiger partial charge < -0.3 is 10.1 Å². The summed E-state index contributed by atoms with van der Waals surface area (Å²) in [4.78, 5) is 0. The lowest BCUT2D eigenvalue weighted by molar-refractivity contribution is 0.306. The Labute approximate surface area is 136 Å². The molecule has 0 aliphatic heterocycles. The smallest absolute Gasteiger partial charge is 0.186 e. The molecule has 2 N–H and O–H groups in total. The van der Waals surface area contributed by atoms with Gasteiger partial charge in [0.25, 0.3) is 0 Å². The maximum Gasteiger partial charge on any atom is 0.186 e. The van der Waals surface area contributed by atoms with Crippen LogP contribution in [0.15, 0.2) is 59.7 Å². The Bertz CT molecular complexity index is 612. The van der Waals surface area contributed by atoms with Crippen LogP contribution < -0.4 is 15.5 Å². The summed E-state index contributed by atoms with van der Waals surface area (Å²) >= 11 is 5.01. The summed E-state index contributed by atoms with van der Waals surface area (Å²) in [7, 11) is 0. The summed E-state index contributed by atoms with van der Waals surface area (Å²) < 4.78 is 5.73. The first-order chi connectivity index (χ1) is 10.8. The summed E-state index contributed by atoms with van der Waals surface area (Å²) in [5.41, 5.74) is 4.87. The first-order valence-electron chi connectivity index (χ1n) is 7.11. The van der Waals surface area contributed by atoms with E-state index in [1.165, 1.54) is 0 Å². The van der Waals surface area contributed by atoms with Crippen molar-refractivity contribution >= 4 is 23.5 Å². The first-order valence-corrected chi connectivity index (χ1v) is 7.52. The molecule has 0 amide bonds. The lowest BCUT2D eigenvalue weighted by Crippen LogP contribution is -2.31. The Morgan fingerprint density at radius 1 is 1.14 bits per heavy atom. The quantitative estimate of drug-likeness (QED) is 0.489. The number of thiocarbonyl (C=S) groups is 1. The number of ether oxygens (including phenoxy) is 1. The van der Waals surface area contributed by atoms with Crippen LogP contribution in [0.1, 0.15) is 18.1 Å². The van der Waals surface area contributed by atoms with E-state index < -0.39 is 0 Å². The number of hydrogen-bond donors (Lipinski definition) is 2. The molecule has 0 atom stereocenters. The number of nitrogens with one attached hydrogen (secondary N) is 2. The van der Waals surface area contributed by atoms with Gasteiger partial charge in [0.2, 0.25) is 0 Å². The van der Waals surface area contributed by atoms with Crippen molar-refractivity contribution in [3.63, 3.8) is 0 Å². The van der Waals surface area contributed by atoms with Crippen LogP contribution in [0.5, 0.6) is 5.75 Å². The summed E-state index contributed by atoms with van der Waals surface area (Å²) in [6, 6.07) is 17.8. The minimum Gasteiger partial charge on any atom is -0.489 e. The largest absolute Gasteiger partial charge is 0.489 e. The Morgan fingerprint density at radius 3 is 2.55 bits per heavy atom. The second kappa shape index (κ2) is 8.79. The minimum absolute atomic E-state index is 0.515. The van der Waals surface area contributed by atoms with Crippen LogP contribution in [0.2, 0.25) is 0 Å². The van der Waals surface area contributed by atoms with Gasteiger partial charge in [-0.15, -0.1) is 0 Å². The molecule has 4 nitrogen and oxygen atoms in total. The van der Waals surface area contributed by atoms with Gasteiger partial charge in [0.1, 0.15) is 12.4 Å². The van der Waals surface area contributed by atoms with Crippen molar-refractivity contribution in [2.45, 2.75) is 13.5 Å². The SMILES string of the molecule is CCNC(=S)N/N=C/c1ccc(OCc2ccccc2)cc1. The van der Waals surface area contributed by atoms with Crippen LogP contribution in [0.25, 0.3) is 0 Å². The summed E-state index contributed by atoms with van der Waals surface area (Å²) in [5, 5.41) is 7.54. The van der Waals surface area contributed by atoms with Crippen molar-refractivity contribution in [1.29, 1.82) is 0 Å². The molecule has 0 bridgehead atoms. The van der Waals surface area contributed by atoms with Gasteiger partial charge in [-0.2, -0.15) is 5.10 Å². The molecule has 0 aromatic heterocycles. The van der Waals surface area contributed by atoms with Crippen LogP contribution in [-0.4, -0.2) is 17.9 Å². The van der Waals surface area contributed by atoms with Gasteiger partial charge in [-0.25, -0.2) is 0 Å². The Balaban J connectivity index is 1.82. The normalized spacial score (nSPS) is 10.4. The van der Waals surface area contributed by atoms with Crippen LogP contribution in [0, 0.1) is 0 Å². The molecular weight excluding hydrogens is 294 g/mol. The van der Waals surface area contributed by atoms with E-state index in [0.717, 1.165) is 23.4 Å². The highest BCUT2D eigenvalue weighted by Gasteiger charge is 1.96. The Kier molecular flexibility index (Phi) is 6.39. The maximum absolute atomic E-state index is 5.73. The Hall–Kier alpha value is -2.40. The topological polar surface area (TPSA) is 45.7 Å². The van der Waals surface area contributed by atoms with Crippen molar-refractivity contribution < 1.29 is 4.74 Å². The van der Waals surface area contributed by atoms with Gasteiger partial charge in [0.05, 0.1) is 6.21 Å². The van der Waals surface area contributed by atoms with E-state index in [9.17, 15) is 0 Å². The van der Waals surface area contributed by atoms with E-state index in [4.69, 9.17) is 17.0 Å². The lowest BCUT2D eigenvalue weighted by atomic mass is 10.2. The molecule has 5 heteroatoms. The molecule has 2 aromatic rings. The predicted molar refractivity (Wildman–Crippen MR) is 94.2 cm³/mol. The molecule has 0 heterocycles. The maximum atomic E-state index is 5.73. The summed E-state index contributed by atoms with van der Waals surface area (Å²) in [6.45, 7) is 3.31. The van der Waals surface area contributed by atoms with E-state index in [2.05, 4.69) is 15.8 Å². The van der Waals surface area contributed by atoms with E-state index in [1.54, 1.807) is 6.21 Å². The fraction of sp³-hybridized carbons (Fsp3) is 0.176. The molecule has 0 fully saturated rings. The molecule has 0 unspecified atom stereocenters. The summed E-state index contributed by atoms with van der Waals surface area (Å²) in [5.74, 6) is 0.831. The van der Waals surface area contributed by atoms with Crippen molar-refractivity contribution in [2.24, 2.45) is 5.10 Å². The van der Waals surface area contributed by atoms with E-state index in [0.29, 0.717) is 11.7 Å². The molecular formula is C17H19N3OS. The lowest BCUT2D eigenvalue weighted by Gasteiger charge is -2.06. The van der Waals surface area contributed by atoms with E-state index in [1.807, 2.05) is 61.5 Å². The number of rotatable bonds is 6. The second-order valence-electron chi connectivity index (χ2n) is 4.57. The molecule has 114 valence electrons. The van der Waals surface area contributed by atoms with Gasteiger partial charge in [0, 0.05) is 6.54 Å². The average Bonchev–Trinajstić information content (AvgIpc) is 2.55. The highest BCUT2D eigenvalue weighted by molar-refractivity contribution is 7.80. The highest BCUT2D eigenvalue weighted by atomic mass is 32.1. The predicted octanol–water partition coefficient (Wildman–Crippen LogP) is 3.08. The molecule has 0 spiro atoms. The van der Waals surface area contributed by atoms with E-state index >= 15 is 0 Å². The third-order valence-electron chi connectivity index (χ3n) is 2.85. The van der Waals surface area contributed by atoms with Crippen LogP contribution in [0.4, 0.5) is 0 Å². The number of nitrogens with zero attached hydrogens (tertiary/aromatic N) is 1. The molecule has 2 rings (SSSR count). The third kappa shape index (κ3) is 5.54. The monoisotopic (exact) mass is 313 g/mol. The second-order valence-corrected chi connectivity index (χ2v) is 4.98. The fourth-order valence-electron chi connectivity index (χ4n) is 1.76. The van der Waals surface area contributed by atoms with Gasteiger partial charge >= 0.3 is 0 Å². The molecule has 0 radical (unpaired) electrons. The zero-order valence-electron chi connectivity index (χ0n) is 12.5. The zero-order chi connectivity index (χ0) is 15.6. The van der Waals surface area contributed by atoms with Crippen molar-refractivity contribution in [2.75, 3.05) is 6.54 Å². The molecule has 0 aliphatic carbocycles. The minimum atomic E-state index is 0.515. The molecule has 2 aromatic carbocycles. The number of hydrogen-bond acceptors (Lipinski definition) is 3. The van der Waals surface area contributed by atoms with Crippen LogP contribution >= 0.6 is 12.2 Å². The fourth-order valence-corrected chi connectivity index (χ4v) is 1.95.